The molecule has 0 spiro atoms. The zero-order valence-electron chi connectivity index (χ0n) is 16.6. The summed E-state index contributed by atoms with van der Waals surface area (Å²) in [6, 6.07) is 14.2. The number of benzene rings is 2. The van der Waals surface area contributed by atoms with Crippen molar-refractivity contribution in [1.82, 2.24) is 14.9 Å². The number of aryl methyl sites for hydroxylation is 3. The largest absolute Gasteiger partial charge is 0.351 e. The first-order valence-corrected chi connectivity index (χ1v) is 10.6. The van der Waals surface area contributed by atoms with Crippen LogP contribution in [0, 0.1) is 13.8 Å². The Labute approximate surface area is 179 Å². The van der Waals surface area contributed by atoms with Crippen molar-refractivity contribution in [3.63, 3.8) is 0 Å². The van der Waals surface area contributed by atoms with Crippen LogP contribution in [0.25, 0.3) is 21.5 Å². The van der Waals surface area contributed by atoms with Crippen LogP contribution in [-0.2, 0) is 13.6 Å². The molecule has 4 rings (SSSR count). The van der Waals surface area contributed by atoms with Gasteiger partial charge in [0, 0.05) is 35.9 Å². The average molecular weight is 424 g/mol. The lowest BCUT2D eigenvalue weighted by molar-refractivity contribution is 0.0994. The van der Waals surface area contributed by atoms with Gasteiger partial charge in [-0.2, -0.15) is 0 Å². The van der Waals surface area contributed by atoms with Crippen molar-refractivity contribution in [1.29, 1.82) is 0 Å². The Morgan fingerprint density at radius 3 is 2.79 bits per heavy atom. The Balaban J connectivity index is 1.43. The van der Waals surface area contributed by atoms with Gasteiger partial charge in [-0.1, -0.05) is 23.7 Å². The lowest BCUT2D eigenvalue weighted by atomic mass is 10.1. The summed E-state index contributed by atoms with van der Waals surface area (Å²) in [5.74, 6) is 0.0682. The Morgan fingerprint density at radius 2 is 2.00 bits per heavy atom. The molecule has 0 aliphatic carbocycles. The summed E-state index contributed by atoms with van der Waals surface area (Å²) >= 11 is 7.50. The van der Waals surface area contributed by atoms with E-state index < -0.39 is 0 Å². The number of hydrogen-bond acceptors (Lipinski definition) is 4. The first kappa shape index (κ1) is 19.8. The van der Waals surface area contributed by atoms with E-state index in [9.17, 15) is 4.79 Å². The second-order valence-electron chi connectivity index (χ2n) is 7.24. The molecule has 148 valence electrons. The number of thiazole rings is 1. The number of Topliss-reactive ketones (excluding diaryl/α,β-unsaturated/α-hetero) is 1. The number of ketones is 1. The van der Waals surface area contributed by atoms with E-state index in [1.54, 1.807) is 0 Å². The summed E-state index contributed by atoms with van der Waals surface area (Å²) in [7, 11) is 2.04. The SMILES string of the molecule is Cc1cc(Cl)ccc1-c1nc(C)c(C(=O)CNCc2ccc3c(ccn3C)c2)s1. The highest BCUT2D eigenvalue weighted by Gasteiger charge is 2.17. The number of hydrogen-bond donors (Lipinski definition) is 1. The van der Waals surface area contributed by atoms with Crippen LogP contribution in [0.4, 0.5) is 0 Å². The maximum absolute atomic E-state index is 12.7. The minimum Gasteiger partial charge on any atom is -0.351 e. The Kier molecular flexibility index (Phi) is 5.54. The molecule has 0 aliphatic rings. The van der Waals surface area contributed by atoms with E-state index in [-0.39, 0.29) is 12.3 Å². The summed E-state index contributed by atoms with van der Waals surface area (Å²) in [5.41, 5.74) is 5.22. The second kappa shape index (κ2) is 8.11. The minimum absolute atomic E-state index is 0.0682. The number of aromatic nitrogens is 2. The highest BCUT2D eigenvalue weighted by Crippen LogP contribution is 2.31. The maximum Gasteiger partial charge on any atom is 0.188 e. The van der Waals surface area contributed by atoms with E-state index in [0.717, 1.165) is 27.4 Å². The standard InChI is InChI=1S/C23H22ClN3OS/c1-14-10-18(24)5-6-19(14)23-26-15(2)22(29-23)21(28)13-25-12-16-4-7-20-17(11-16)8-9-27(20)3/h4-11,25H,12-13H2,1-3H3. The van der Waals surface area contributed by atoms with Crippen molar-refractivity contribution in [2.45, 2.75) is 20.4 Å². The van der Waals surface area contributed by atoms with Gasteiger partial charge in [0.2, 0.25) is 0 Å². The van der Waals surface area contributed by atoms with Crippen LogP contribution in [0.1, 0.15) is 26.5 Å². The van der Waals surface area contributed by atoms with Gasteiger partial charge in [-0.3, -0.25) is 4.79 Å². The number of fused-ring (bicyclic) bond motifs is 1. The molecule has 2 aromatic heterocycles. The lowest BCUT2D eigenvalue weighted by Gasteiger charge is -2.05. The molecule has 0 unspecified atom stereocenters. The summed E-state index contributed by atoms with van der Waals surface area (Å²) < 4.78 is 2.10. The zero-order valence-corrected chi connectivity index (χ0v) is 18.2. The van der Waals surface area contributed by atoms with Gasteiger partial charge in [0.25, 0.3) is 0 Å². The second-order valence-corrected chi connectivity index (χ2v) is 8.67. The third-order valence-electron chi connectivity index (χ3n) is 5.03. The summed E-state index contributed by atoms with van der Waals surface area (Å²) in [6.45, 7) is 4.83. The molecule has 0 saturated heterocycles. The molecular formula is C23H22ClN3OS. The van der Waals surface area contributed by atoms with Crippen molar-refractivity contribution in [3.05, 3.63) is 75.4 Å². The molecule has 2 aromatic carbocycles. The predicted molar refractivity (Wildman–Crippen MR) is 121 cm³/mol. The van der Waals surface area contributed by atoms with Gasteiger partial charge in [0.05, 0.1) is 17.1 Å². The summed E-state index contributed by atoms with van der Waals surface area (Å²) in [4.78, 5) is 18.1. The molecule has 0 aliphatic heterocycles. The molecule has 4 aromatic rings. The third-order valence-corrected chi connectivity index (χ3v) is 6.50. The Morgan fingerprint density at radius 1 is 1.17 bits per heavy atom. The van der Waals surface area contributed by atoms with E-state index in [1.807, 2.05) is 39.1 Å². The Hall–Kier alpha value is -2.47. The molecule has 0 bridgehead atoms. The van der Waals surface area contributed by atoms with Crippen LogP contribution < -0.4 is 5.32 Å². The van der Waals surface area contributed by atoms with Gasteiger partial charge in [-0.15, -0.1) is 11.3 Å². The monoisotopic (exact) mass is 423 g/mol. The lowest BCUT2D eigenvalue weighted by Crippen LogP contribution is -2.22. The fraction of sp³-hybridized carbons (Fsp3) is 0.217. The van der Waals surface area contributed by atoms with Crippen LogP contribution in [-0.4, -0.2) is 21.9 Å². The van der Waals surface area contributed by atoms with Crippen LogP contribution in [0.5, 0.6) is 0 Å². The van der Waals surface area contributed by atoms with E-state index in [2.05, 4.69) is 45.3 Å². The van der Waals surface area contributed by atoms with Crippen molar-refractivity contribution in [2.75, 3.05) is 6.54 Å². The van der Waals surface area contributed by atoms with E-state index >= 15 is 0 Å². The molecule has 0 amide bonds. The molecule has 6 heteroatoms. The maximum atomic E-state index is 12.7. The summed E-state index contributed by atoms with van der Waals surface area (Å²) in [6.07, 6.45) is 2.05. The van der Waals surface area contributed by atoms with E-state index in [4.69, 9.17) is 11.6 Å². The van der Waals surface area contributed by atoms with Crippen LogP contribution >= 0.6 is 22.9 Å². The quantitative estimate of drug-likeness (QED) is 0.414. The molecule has 0 atom stereocenters. The number of nitrogens with zero attached hydrogens (tertiary/aromatic N) is 2. The number of rotatable bonds is 6. The number of carbonyl (C=O) groups excluding carboxylic acids is 1. The first-order chi connectivity index (χ1) is 13.9. The highest BCUT2D eigenvalue weighted by molar-refractivity contribution is 7.17. The van der Waals surface area contributed by atoms with Crippen molar-refractivity contribution in [2.24, 2.45) is 7.05 Å². The van der Waals surface area contributed by atoms with Crippen LogP contribution in [0.3, 0.4) is 0 Å². The van der Waals surface area contributed by atoms with Crippen LogP contribution in [0.2, 0.25) is 5.02 Å². The molecule has 1 N–H and O–H groups in total. The first-order valence-electron chi connectivity index (χ1n) is 9.44. The van der Waals surface area contributed by atoms with Gasteiger partial charge >= 0.3 is 0 Å². The van der Waals surface area contributed by atoms with Gasteiger partial charge in [0.15, 0.2) is 5.78 Å². The molecule has 0 saturated carbocycles. The normalized spacial score (nSPS) is 11.3. The zero-order chi connectivity index (χ0) is 20.5. The number of nitrogens with one attached hydrogen (secondary N) is 1. The van der Waals surface area contributed by atoms with Crippen molar-refractivity contribution in [3.8, 4) is 10.6 Å². The third kappa shape index (κ3) is 4.13. The summed E-state index contributed by atoms with van der Waals surface area (Å²) in [5, 5.41) is 6.04. The number of carbonyl (C=O) groups is 1. The fourth-order valence-corrected chi connectivity index (χ4v) is 4.80. The fourth-order valence-electron chi connectivity index (χ4n) is 3.48. The number of halogens is 1. The predicted octanol–water partition coefficient (Wildman–Crippen LogP) is 5.54. The van der Waals surface area contributed by atoms with Gasteiger partial charge in [-0.05, 0) is 60.7 Å². The molecule has 4 nitrogen and oxygen atoms in total. The molecule has 0 fully saturated rings. The smallest absolute Gasteiger partial charge is 0.188 e. The van der Waals surface area contributed by atoms with Gasteiger partial charge < -0.3 is 9.88 Å². The van der Waals surface area contributed by atoms with Crippen molar-refractivity contribution < 1.29 is 4.79 Å². The van der Waals surface area contributed by atoms with Crippen LogP contribution in [0.15, 0.2) is 48.7 Å². The highest BCUT2D eigenvalue weighted by atomic mass is 35.5. The van der Waals surface area contributed by atoms with Gasteiger partial charge in [0.1, 0.15) is 5.01 Å². The molecule has 29 heavy (non-hydrogen) atoms. The average Bonchev–Trinajstić information content (AvgIpc) is 3.24. The molecule has 0 radical (unpaired) electrons. The minimum atomic E-state index is 0.0682. The van der Waals surface area contributed by atoms with E-state index in [0.29, 0.717) is 16.4 Å². The van der Waals surface area contributed by atoms with E-state index in [1.165, 1.54) is 22.2 Å². The Bertz CT molecular complexity index is 1210. The van der Waals surface area contributed by atoms with Gasteiger partial charge in [-0.25, -0.2) is 4.98 Å². The van der Waals surface area contributed by atoms with Crippen molar-refractivity contribution >= 4 is 39.6 Å². The topological polar surface area (TPSA) is 46.9 Å². The molecular weight excluding hydrogens is 402 g/mol. The molecule has 2 heterocycles.